The van der Waals surface area contributed by atoms with Crippen molar-refractivity contribution in [3.63, 3.8) is 0 Å². The van der Waals surface area contributed by atoms with E-state index in [1.54, 1.807) is 0 Å². The molecular formula is C21H24FNO5S2. The molecule has 0 saturated heterocycles. The SMILES string of the molecule is COC(=O)c1c(NC(=O)CCCS(=O)(=O)c2ccc(F)cc2)sc2c1CCCCC2. The van der Waals surface area contributed by atoms with Crippen LogP contribution in [0.1, 0.15) is 52.9 Å². The van der Waals surface area contributed by atoms with Crippen LogP contribution >= 0.6 is 11.3 Å². The number of methoxy groups -OCH3 is 1. The highest BCUT2D eigenvalue weighted by molar-refractivity contribution is 7.91. The lowest BCUT2D eigenvalue weighted by Crippen LogP contribution is -2.16. The maximum Gasteiger partial charge on any atom is 0.341 e. The fraction of sp³-hybridized carbons (Fsp3) is 0.429. The monoisotopic (exact) mass is 453 g/mol. The first-order valence-electron chi connectivity index (χ1n) is 9.83. The van der Waals surface area contributed by atoms with Crippen LogP contribution in [0.3, 0.4) is 0 Å². The summed E-state index contributed by atoms with van der Waals surface area (Å²) in [6.07, 6.45) is 4.89. The summed E-state index contributed by atoms with van der Waals surface area (Å²) < 4.78 is 42.5. The Kier molecular flexibility index (Phi) is 7.25. The van der Waals surface area contributed by atoms with Gasteiger partial charge >= 0.3 is 5.97 Å². The van der Waals surface area contributed by atoms with Crippen LogP contribution in [0.15, 0.2) is 29.2 Å². The van der Waals surface area contributed by atoms with Crippen LogP contribution in [-0.2, 0) is 32.2 Å². The van der Waals surface area contributed by atoms with E-state index in [2.05, 4.69) is 5.32 Å². The van der Waals surface area contributed by atoms with E-state index in [1.165, 1.54) is 30.6 Å². The van der Waals surface area contributed by atoms with E-state index in [4.69, 9.17) is 4.74 Å². The second kappa shape index (κ2) is 9.70. The summed E-state index contributed by atoms with van der Waals surface area (Å²) in [6, 6.07) is 4.61. The summed E-state index contributed by atoms with van der Waals surface area (Å²) in [4.78, 5) is 25.9. The molecule has 1 aromatic carbocycles. The number of aryl methyl sites for hydroxylation is 1. The normalized spacial score (nSPS) is 13.9. The van der Waals surface area contributed by atoms with Gasteiger partial charge in [0.1, 0.15) is 10.8 Å². The molecule has 1 N–H and O–H groups in total. The smallest absolute Gasteiger partial charge is 0.341 e. The quantitative estimate of drug-likeness (QED) is 0.387. The number of hydrogen-bond acceptors (Lipinski definition) is 6. The van der Waals surface area contributed by atoms with Crippen molar-refractivity contribution in [1.29, 1.82) is 0 Å². The molecule has 2 aromatic rings. The Morgan fingerprint density at radius 2 is 1.83 bits per heavy atom. The fourth-order valence-corrected chi connectivity index (χ4v) is 6.12. The number of carbonyl (C=O) groups is 2. The van der Waals surface area contributed by atoms with E-state index in [9.17, 15) is 22.4 Å². The zero-order valence-corrected chi connectivity index (χ0v) is 18.3. The minimum absolute atomic E-state index is 0.0103. The standard InChI is InChI=1S/C21H24FNO5S2/c1-28-21(25)19-16-6-3-2-4-7-17(16)29-20(19)23-18(24)8-5-13-30(26,27)15-11-9-14(22)10-12-15/h9-12H,2-8,13H2,1H3,(H,23,24). The number of benzene rings is 1. The molecule has 30 heavy (non-hydrogen) atoms. The van der Waals surface area contributed by atoms with Crippen LogP contribution in [-0.4, -0.2) is 33.2 Å². The number of nitrogens with one attached hydrogen (secondary N) is 1. The predicted octanol–water partition coefficient (Wildman–Crippen LogP) is 4.14. The third kappa shape index (κ3) is 5.26. The molecule has 1 aliphatic rings. The van der Waals surface area contributed by atoms with Crippen LogP contribution in [0.25, 0.3) is 0 Å². The molecule has 1 amide bonds. The van der Waals surface area contributed by atoms with Crippen molar-refractivity contribution in [1.82, 2.24) is 0 Å². The Hall–Kier alpha value is -2.26. The molecule has 6 nitrogen and oxygen atoms in total. The second-order valence-electron chi connectivity index (χ2n) is 7.18. The van der Waals surface area contributed by atoms with E-state index in [-0.39, 0.29) is 29.4 Å². The topological polar surface area (TPSA) is 89.5 Å². The summed E-state index contributed by atoms with van der Waals surface area (Å²) in [5.74, 6) is -1.56. The first-order chi connectivity index (χ1) is 14.3. The molecule has 1 heterocycles. The van der Waals surface area contributed by atoms with E-state index in [1.807, 2.05) is 0 Å². The lowest BCUT2D eigenvalue weighted by molar-refractivity contribution is -0.116. The van der Waals surface area contributed by atoms with E-state index >= 15 is 0 Å². The molecule has 162 valence electrons. The number of ether oxygens (including phenoxy) is 1. The number of rotatable bonds is 7. The molecule has 0 radical (unpaired) electrons. The predicted molar refractivity (Wildman–Crippen MR) is 113 cm³/mol. The van der Waals surface area contributed by atoms with Crippen molar-refractivity contribution in [2.75, 3.05) is 18.2 Å². The number of carbonyl (C=O) groups excluding carboxylic acids is 2. The Morgan fingerprint density at radius 3 is 2.53 bits per heavy atom. The van der Waals surface area contributed by atoms with Gasteiger partial charge in [0.05, 0.1) is 23.3 Å². The minimum atomic E-state index is -3.60. The number of sulfone groups is 1. The highest BCUT2D eigenvalue weighted by Crippen LogP contribution is 2.38. The number of halogens is 1. The van der Waals surface area contributed by atoms with Crippen LogP contribution in [0.2, 0.25) is 0 Å². The van der Waals surface area contributed by atoms with Crippen LogP contribution in [0, 0.1) is 5.82 Å². The Morgan fingerprint density at radius 1 is 1.13 bits per heavy atom. The average molecular weight is 454 g/mol. The van der Waals surface area contributed by atoms with Crippen LogP contribution < -0.4 is 5.32 Å². The van der Waals surface area contributed by atoms with Gasteiger partial charge in [0.2, 0.25) is 5.91 Å². The fourth-order valence-electron chi connectivity index (χ4n) is 3.52. The number of fused-ring (bicyclic) bond motifs is 1. The second-order valence-corrected chi connectivity index (χ2v) is 10.4. The van der Waals surface area contributed by atoms with Gasteiger partial charge in [-0.15, -0.1) is 11.3 Å². The maximum absolute atomic E-state index is 13.0. The first kappa shape index (κ1) is 22.4. The summed E-state index contributed by atoms with van der Waals surface area (Å²) in [5.41, 5.74) is 1.38. The molecule has 1 aromatic heterocycles. The molecule has 0 spiro atoms. The van der Waals surface area contributed by atoms with E-state index < -0.39 is 21.6 Å². The summed E-state index contributed by atoms with van der Waals surface area (Å²) in [5, 5.41) is 3.24. The molecule has 3 rings (SSSR count). The molecule has 1 aliphatic carbocycles. The number of anilines is 1. The maximum atomic E-state index is 13.0. The third-order valence-electron chi connectivity index (χ3n) is 5.05. The summed E-state index contributed by atoms with van der Waals surface area (Å²) in [7, 11) is -2.28. The van der Waals surface area contributed by atoms with Gasteiger partial charge in [-0.1, -0.05) is 6.42 Å². The number of esters is 1. The summed E-state index contributed by atoms with van der Waals surface area (Å²) in [6.45, 7) is 0. The van der Waals surface area contributed by atoms with Crippen LogP contribution in [0.4, 0.5) is 9.39 Å². The van der Waals surface area contributed by atoms with Crippen molar-refractivity contribution in [3.8, 4) is 0 Å². The van der Waals surface area contributed by atoms with Gasteiger partial charge in [0.15, 0.2) is 9.84 Å². The highest BCUT2D eigenvalue weighted by atomic mass is 32.2. The number of thiophene rings is 1. The lowest BCUT2D eigenvalue weighted by atomic mass is 10.1. The van der Waals surface area contributed by atoms with Gasteiger partial charge < -0.3 is 10.1 Å². The van der Waals surface area contributed by atoms with Gasteiger partial charge in [-0.25, -0.2) is 17.6 Å². The van der Waals surface area contributed by atoms with Crippen LogP contribution in [0.5, 0.6) is 0 Å². The molecule has 0 fully saturated rings. The Bertz CT molecular complexity index is 1030. The molecular weight excluding hydrogens is 429 g/mol. The zero-order chi connectivity index (χ0) is 21.7. The zero-order valence-electron chi connectivity index (χ0n) is 16.7. The largest absolute Gasteiger partial charge is 0.465 e. The lowest BCUT2D eigenvalue weighted by Gasteiger charge is -2.08. The molecule has 0 bridgehead atoms. The van der Waals surface area contributed by atoms with E-state index in [0.29, 0.717) is 10.6 Å². The average Bonchev–Trinajstić information content (AvgIpc) is 2.88. The Labute approximate surface area is 179 Å². The van der Waals surface area contributed by atoms with Gasteiger partial charge in [0, 0.05) is 11.3 Å². The van der Waals surface area contributed by atoms with Gasteiger partial charge in [-0.2, -0.15) is 0 Å². The number of amides is 1. The van der Waals surface area contributed by atoms with Crippen molar-refractivity contribution in [2.24, 2.45) is 0 Å². The highest BCUT2D eigenvalue weighted by Gasteiger charge is 2.26. The molecule has 0 saturated carbocycles. The van der Waals surface area contributed by atoms with Crippen molar-refractivity contribution < 1.29 is 27.1 Å². The molecule has 0 atom stereocenters. The van der Waals surface area contributed by atoms with Gasteiger partial charge in [-0.3, -0.25) is 4.79 Å². The van der Waals surface area contributed by atoms with Gasteiger partial charge in [-0.05, 0) is 61.9 Å². The Balaban J connectivity index is 1.65. The van der Waals surface area contributed by atoms with Crippen molar-refractivity contribution in [3.05, 3.63) is 46.1 Å². The molecule has 0 unspecified atom stereocenters. The van der Waals surface area contributed by atoms with Crippen molar-refractivity contribution in [2.45, 2.75) is 49.8 Å². The van der Waals surface area contributed by atoms with E-state index in [0.717, 1.165) is 54.7 Å². The third-order valence-corrected chi connectivity index (χ3v) is 8.08. The van der Waals surface area contributed by atoms with Gasteiger partial charge in [0.25, 0.3) is 0 Å². The van der Waals surface area contributed by atoms with Crippen molar-refractivity contribution >= 4 is 38.1 Å². The number of hydrogen-bond donors (Lipinski definition) is 1. The first-order valence-corrected chi connectivity index (χ1v) is 12.3. The molecule has 0 aliphatic heterocycles. The summed E-state index contributed by atoms with van der Waals surface area (Å²) >= 11 is 1.40. The minimum Gasteiger partial charge on any atom is -0.465 e. The molecule has 9 heteroatoms.